The summed E-state index contributed by atoms with van der Waals surface area (Å²) in [5.74, 6) is -2.06. The fraction of sp³-hybridized carbons (Fsp3) is 0.533. The van der Waals surface area contributed by atoms with Crippen molar-refractivity contribution in [2.75, 3.05) is 6.54 Å². The second-order valence-electron chi connectivity index (χ2n) is 5.52. The molecule has 1 fully saturated rings. The van der Waals surface area contributed by atoms with Gasteiger partial charge in [-0.05, 0) is 31.4 Å². The van der Waals surface area contributed by atoms with E-state index in [0.717, 1.165) is 31.4 Å². The van der Waals surface area contributed by atoms with Gasteiger partial charge in [0.05, 0.1) is 5.56 Å². The molecule has 0 bridgehead atoms. The van der Waals surface area contributed by atoms with E-state index in [4.69, 9.17) is 5.73 Å². The lowest BCUT2D eigenvalue weighted by molar-refractivity contribution is -0.126. The van der Waals surface area contributed by atoms with E-state index in [9.17, 15) is 18.7 Å². The molecule has 0 radical (unpaired) electrons. The summed E-state index contributed by atoms with van der Waals surface area (Å²) in [6.07, 6.45) is 1.75. The van der Waals surface area contributed by atoms with Gasteiger partial charge < -0.3 is 16.2 Å². The van der Waals surface area contributed by atoms with Crippen LogP contribution in [0.5, 0.6) is 0 Å². The van der Waals surface area contributed by atoms with Crippen molar-refractivity contribution < 1.29 is 18.7 Å². The number of hydrogen-bond donors (Lipinski definition) is 3. The molecule has 1 amide bonds. The Kier molecular flexibility index (Phi) is 5.25. The molecule has 6 heteroatoms. The molecule has 0 aromatic heterocycles. The minimum atomic E-state index is -1.41. The second-order valence-corrected chi connectivity index (χ2v) is 5.52. The Morgan fingerprint density at radius 1 is 1.38 bits per heavy atom. The van der Waals surface area contributed by atoms with E-state index in [-0.39, 0.29) is 24.4 Å². The van der Waals surface area contributed by atoms with Crippen LogP contribution in [-0.2, 0) is 4.79 Å². The number of carbonyl (C=O) groups is 1. The summed E-state index contributed by atoms with van der Waals surface area (Å²) in [5.41, 5.74) is 5.40. The van der Waals surface area contributed by atoms with Gasteiger partial charge in [0.1, 0.15) is 17.7 Å². The van der Waals surface area contributed by atoms with E-state index in [1.807, 2.05) is 0 Å². The number of carbonyl (C=O) groups excluding carboxylic acids is 1. The average molecular weight is 298 g/mol. The Bertz CT molecular complexity index is 490. The largest absolute Gasteiger partial charge is 0.386 e. The molecule has 1 aliphatic rings. The highest BCUT2D eigenvalue weighted by atomic mass is 19.1. The maximum Gasteiger partial charge on any atom is 0.223 e. The first-order valence-electron chi connectivity index (χ1n) is 7.14. The molecule has 0 unspecified atom stereocenters. The van der Waals surface area contributed by atoms with Crippen molar-refractivity contribution in [2.24, 2.45) is 11.7 Å². The number of hydrogen-bond acceptors (Lipinski definition) is 3. The van der Waals surface area contributed by atoms with E-state index in [0.29, 0.717) is 6.42 Å². The molecule has 1 aromatic carbocycles. The molecule has 0 spiro atoms. The third-order valence-electron chi connectivity index (χ3n) is 3.89. The van der Waals surface area contributed by atoms with Crippen LogP contribution in [0.4, 0.5) is 8.78 Å². The Labute approximate surface area is 122 Å². The summed E-state index contributed by atoms with van der Waals surface area (Å²) >= 11 is 0. The number of aliphatic hydroxyl groups excluding tert-OH is 1. The van der Waals surface area contributed by atoms with E-state index in [1.54, 1.807) is 0 Å². The number of rotatable bonds is 4. The SMILES string of the molecule is N[C@@H]1CCC[C@@H](C(=O)NC[C@H](O)c2c(F)cccc2F)C1. The Morgan fingerprint density at radius 2 is 2.05 bits per heavy atom. The smallest absolute Gasteiger partial charge is 0.223 e. The lowest BCUT2D eigenvalue weighted by atomic mass is 9.85. The zero-order chi connectivity index (χ0) is 15.4. The maximum absolute atomic E-state index is 13.5. The zero-order valence-electron chi connectivity index (χ0n) is 11.7. The van der Waals surface area contributed by atoms with Crippen LogP contribution < -0.4 is 11.1 Å². The second kappa shape index (κ2) is 6.95. The molecule has 0 saturated heterocycles. The number of aliphatic hydroxyl groups is 1. The molecular weight excluding hydrogens is 278 g/mol. The first kappa shape index (κ1) is 15.9. The van der Waals surface area contributed by atoms with Gasteiger partial charge >= 0.3 is 0 Å². The standard InChI is InChI=1S/C15H20F2N2O2/c16-11-5-2-6-12(17)14(11)13(20)8-19-15(21)9-3-1-4-10(18)7-9/h2,5-6,9-10,13,20H,1,3-4,7-8,18H2,(H,19,21)/t9-,10-,13+/m1/s1. The van der Waals surface area contributed by atoms with Gasteiger partial charge in [-0.25, -0.2) is 8.78 Å². The first-order chi connectivity index (χ1) is 9.99. The predicted molar refractivity (Wildman–Crippen MR) is 74.3 cm³/mol. The molecule has 116 valence electrons. The normalized spacial score (nSPS) is 23.6. The number of nitrogens with two attached hydrogens (primary N) is 1. The fourth-order valence-electron chi connectivity index (χ4n) is 2.74. The summed E-state index contributed by atoms with van der Waals surface area (Å²) in [6, 6.07) is 3.39. The summed E-state index contributed by atoms with van der Waals surface area (Å²) in [5, 5.41) is 12.4. The summed E-state index contributed by atoms with van der Waals surface area (Å²) in [7, 11) is 0. The van der Waals surface area contributed by atoms with Gasteiger partial charge in [-0.3, -0.25) is 4.79 Å². The molecule has 4 nitrogen and oxygen atoms in total. The highest BCUT2D eigenvalue weighted by Crippen LogP contribution is 2.24. The van der Waals surface area contributed by atoms with Crippen molar-refractivity contribution >= 4 is 5.91 Å². The van der Waals surface area contributed by atoms with Gasteiger partial charge in [-0.2, -0.15) is 0 Å². The minimum Gasteiger partial charge on any atom is -0.386 e. The highest BCUT2D eigenvalue weighted by molar-refractivity contribution is 5.78. The van der Waals surface area contributed by atoms with Gasteiger partial charge in [0.2, 0.25) is 5.91 Å². The van der Waals surface area contributed by atoms with Gasteiger partial charge in [0.25, 0.3) is 0 Å². The first-order valence-corrected chi connectivity index (χ1v) is 7.14. The Hall–Kier alpha value is -1.53. The van der Waals surface area contributed by atoms with Crippen molar-refractivity contribution in [3.05, 3.63) is 35.4 Å². The monoisotopic (exact) mass is 298 g/mol. The number of halogens is 2. The summed E-state index contributed by atoms with van der Waals surface area (Å²) in [4.78, 5) is 12.0. The van der Waals surface area contributed by atoms with Crippen molar-refractivity contribution in [3.63, 3.8) is 0 Å². The van der Waals surface area contributed by atoms with Crippen molar-refractivity contribution in [1.29, 1.82) is 0 Å². The molecule has 3 atom stereocenters. The molecule has 1 saturated carbocycles. The van der Waals surface area contributed by atoms with Gasteiger partial charge in [0, 0.05) is 18.5 Å². The molecule has 21 heavy (non-hydrogen) atoms. The topological polar surface area (TPSA) is 75.4 Å². The van der Waals surface area contributed by atoms with Crippen molar-refractivity contribution in [3.8, 4) is 0 Å². The van der Waals surface area contributed by atoms with Crippen LogP contribution in [0.1, 0.15) is 37.4 Å². The Morgan fingerprint density at radius 3 is 2.67 bits per heavy atom. The van der Waals surface area contributed by atoms with E-state index in [1.165, 1.54) is 6.07 Å². The lowest BCUT2D eigenvalue weighted by Crippen LogP contribution is -2.39. The van der Waals surface area contributed by atoms with Crippen molar-refractivity contribution in [2.45, 2.75) is 37.8 Å². The number of amides is 1. The van der Waals surface area contributed by atoms with E-state index in [2.05, 4.69) is 5.32 Å². The third kappa shape index (κ3) is 3.98. The van der Waals surface area contributed by atoms with Crippen LogP contribution in [0, 0.1) is 17.6 Å². The molecule has 1 aromatic rings. The van der Waals surface area contributed by atoms with Crippen LogP contribution in [0.3, 0.4) is 0 Å². The molecule has 2 rings (SSSR count). The van der Waals surface area contributed by atoms with Crippen LogP contribution >= 0.6 is 0 Å². The van der Waals surface area contributed by atoms with Gasteiger partial charge in [0.15, 0.2) is 0 Å². The van der Waals surface area contributed by atoms with Gasteiger partial charge in [-0.1, -0.05) is 12.5 Å². The molecule has 4 N–H and O–H groups in total. The highest BCUT2D eigenvalue weighted by Gasteiger charge is 2.26. The predicted octanol–water partition coefficient (Wildman–Crippen LogP) is 1.63. The fourth-order valence-corrected chi connectivity index (χ4v) is 2.74. The van der Waals surface area contributed by atoms with E-state index < -0.39 is 23.3 Å². The number of nitrogens with one attached hydrogen (secondary N) is 1. The summed E-state index contributed by atoms with van der Waals surface area (Å²) in [6.45, 7) is -0.220. The molecular formula is C15H20F2N2O2. The summed E-state index contributed by atoms with van der Waals surface area (Å²) < 4.78 is 27.0. The van der Waals surface area contributed by atoms with Crippen LogP contribution in [-0.4, -0.2) is 23.6 Å². The average Bonchev–Trinajstić information content (AvgIpc) is 2.44. The molecule has 0 aliphatic heterocycles. The lowest BCUT2D eigenvalue weighted by Gasteiger charge is -2.26. The number of benzene rings is 1. The third-order valence-corrected chi connectivity index (χ3v) is 3.89. The Balaban J connectivity index is 1.91. The minimum absolute atomic E-state index is 0.0171. The zero-order valence-corrected chi connectivity index (χ0v) is 11.7. The van der Waals surface area contributed by atoms with Crippen LogP contribution in [0.25, 0.3) is 0 Å². The van der Waals surface area contributed by atoms with Crippen molar-refractivity contribution in [1.82, 2.24) is 5.32 Å². The van der Waals surface area contributed by atoms with Gasteiger partial charge in [-0.15, -0.1) is 0 Å². The quantitative estimate of drug-likeness (QED) is 0.791. The van der Waals surface area contributed by atoms with Crippen LogP contribution in [0.2, 0.25) is 0 Å². The maximum atomic E-state index is 13.5. The van der Waals surface area contributed by atoms with E-state index >= 15 is 0 Å². The molecule has 0 heterocycles. The molecule has 1 aliphatic carbocycles. The van der Waals surface area contributed by atoms with Crippen LogP contribution in [0.15, 0.2) is 18.2 Å².